The Hall–Kier alpha value is -2.57. The van der Waals surface area contributed by atoms with Crippen molar-refractivity contribution < 1.29 is 19.5 Å². The number of ether oxygens (including phenoxy) is 2. The van der Waals surface area contributed by atoms with Gasteiger partial charge in [0.15, 0.2) is 0 Å². The minimum absolute atomic E-state index is 0. The monoisotopic (exact) mass is 390 g/mol. The largest absolute Gasteiger partial charge is 0.497 e. The lowest BCUT2D eigenvalue weighted by Gasteiger charge is -2.02. The van der Waals surface area contributed by atoms with Crippen LogP contribution in [0.1, 0.15) is 27.0 Å². The molecule has 144 valence electrons. The fourth-order valence-electron chi connectivity index (χ4n) is 3.32. The molecule has 1 unspecified atom stereocenters. The highest BCUT2D eigenvalue weighted by Crippen LogP contribution is 2.26. The van der Waals surface area contributed by atoms with Gasteiger partial charge >= 0.3 is 0 Å². The number of Topliss-reactive ketones (excluding diaryl/α,β-unsaturated/α-hetero) is 1. The van der Waals surface area contributed by atoms with E-state index in [9.17, 15) is 4.79 Å². The summed E-state index contributed by atoms with van der Waals surface area (Å²) in [5.74, 6) is 1.43. The smallest absolute Gasteiger partial charge is 0.211 e. The number of carbonyl (C=O) groups excluding carboxylic acids is 1. The van der Waals surface area contributed by atoms with Gasteiger partial charge in [0.05, 0.1) is 14.2 Å². The number of benzene rings is 2. The molecule has 6 nitrogen and oxygen atoms in total. The molecule has 0 aromatic heterocycles. The molecule has 7 heteroatoms. The van der Waals surface area contributed by atoms with Gasteiger partial charge in [0.25, 0.3) is 0 Å². The Labute approximate surface area is 164 Å². The first-order valence-corrected chi connectivity index (χ1v) is 8.39. The molecular formula is C20H23ClN2O4. The summed E-state index contributed by atoms with van der Waals surface area (Å²) in [4.78, 5) is 11.5. The molecule has 2 aromatic rings. The number of halogens is 1. The average Bonchev–Trinajstić information content (AvgIpc) is 3.19. The zero-order chi connectivity index (χ0) is 18.7. The molecule has 2 aliphatic rings. The van der Waals surface area contributed by atoms with Gasteiger partial charge in [-0.05, 0) is 59.9 Å². The Bertz CT molecular complexity index is 867. The first kappa shape index (κ1) is 20.7. The van der Waals surface area contributed by atoms with Crippen molar-refractivity contribution >= 4 is 23.9 Å². The van der Waals surface area contributed by atoms with E-state index in [2.05, 4.69) is 17.3 Å². The quantitative estimate of drug-likeness (QED) is 0.607. The lowest BCUT2D eigenvalue weighted by atomic mass is 10.1. The van der Waals surface area contributed by atoms with Crippen LogP contribution in [-0.2, 0) is 19.3 Å². The summed E-state index contributed by atoms with van der Waals surface area (Å²) in [6.45, 7) is 0. The van der Waals surface area contributed by atoms with E-state index in [0.717, 1.165) is 24.2 Å². The fourth-order valence-corrected chi connectivity index (χ4v) is 3.32. The standard InChI is InChI=1S/C10H9NO3.C10H13NO.ClH/c1-14-7-2-3-8-6(4-7)5-9(11-13)10(8)12;1-12-10-3-2-7-4-9(11)5-8(7)6-10;/h2-4,13H,5H2,1H3;2-3,6,9H,4-5,11H2,1H3;1H/b11-9-;;. The molecule has 1 atom stereocenters. The molecule has 0 heterocycles. The van der Waals surface area contributed by atoms with Crippen molar-refractivity contribution in [1.29, 1.82) is 0 Å². The van der Waals surface area contributed by atoms with E-state index in [1.54, 1.807) is 32.4 Å². The summed E-state index contributed by atoms with van der Waals surface area (Å²) in [5, 5.41) is 11.5. The number of ketones is 1. The number of nitrogens with zero attached hydrogens (tertiary/aromatic N) is 1. The van der Waals surface area contributed by atoms with Crippen molar-refractivity contribution in [3.63, 3.8) is 0 Å². The maximum atomic E-state index is 11.5. The van der Waals surface area contributed by atoms with Gasteiger partial charge in [-0.25, -0.2) is 0 Å². The number of hydrogen-bond acceptors (Lipinski definition) is 6. The van der Waals surface area contributed by atoms with Crippen LogP contribution < -0.4 is 15.2 Å². The molecule has 4 rings (SSSR count). The first-order chi connectivity index (χ1) is 12.5. The molecule has 0 saturated heterocycles. The van der Waals surface area contributed by atoms with Crippen molar-refractivity contribution in [1.82, 2.24) is 0 Å². The molecule has 27 heavy (non-hydrogen) atoms. The molecule has 3 N–H and O–H groups in total. The predicted octanol–water partition coefficient (Wildman–Crippen LogP) is 2.81. The Balaban J connectivity index is 0.000000189. The van der Waals surface area contributed by atoms with Crippen molar-refractivity contribution in [2.75, 3.05) is 14.2 Å². The molecular weight excluding hydrogens is 368 g/mol. The SMILES string of the molecule is COc1ccc2c(c1)C/C(=N/O)C2=O.COc1ccc2c(c1)CC(N)C2.Cl. The predicted molar refractivity (Wildman–Crippen MR) is 106 cm³/mol. The van der Waals surface area contributed by atoms with Crippen LogP contribution in [0.5, 0.6) is 11.5 Å². The maximum absolute atomic E-state index is 11.5. The third-order valence-electron chi connectivity index (χ3n) is 4.68. The topological polar surface area (TPSA) is 94.1 Å². The average molecular weight is 391 g/mol. The lowest BCUT2D eigenvalue weighted by Crippen LogP contribution is -2.18. The number of hydrogen-bond donors (Lipinski definition) is 2. The van der Waals surface area contributed by atoms with E-state index >= 15 is 0 Å². The Morgan fingerprint density at radius 2 is 1.59 bits per heavy atom. The van der Waals surface area contributed by atoms with Gasteiger partial charge in [-0.2, -0.15) is 0 Å². The summed E-state index contributed by atoms with van der Waals surface area (Å²) in [6.07, 6.45) is 2.38. The van der Waals surface area contributed by atoms with Crippen LogP contribution in [0.2, 0.25) is 0 Å². The van der Waals surface area contributed by atoms with Crippen LogP contribution in [0.3, 0.4) is 0 Å². The van der Waals surface area contributed by atoms with E-state index in [1.165, 1.54) is 11.1 Å². The van der Waals surface area contributed by atoms with Crippen molar-refractivity contribution in [3.8, 4) is 11.5 Å². The van der Waals surface area contributed by atoms with Crippen LogP contribution in [0.25, 0.3) is 0 Å². The second-order valence-corrected chi connectivity index (χ2v) is 6.38. The maximum Gasteiger partial charge on any atom is 0.211 e. The summed E-state index contributed by atoms with van der Waals surface area (Å²) in [7, 11) is 3.26. The third kappa shape index (κ3) is 4.40. The van der Waals surface area contributed by atoms with Crippen molar-refractivity contribution in [2.45, 2.75) is 25.3 Å². The molecule has 0 spiro atoms. The lowest BCUT2D eigenvalue weighted by molar-refractivity contribution is 0.106. The van der Waals surface area contributed by atoms with E-state index in [0.29, 0.717) is 23.8 Å². The summed E-state index contributed by atoms with van der Waals surface area (Å²) < 4.78 is 10.2. The van der Waals surface area contributed by atoms with E-state index in [4.69, 9.17) is 20.4 Å². The van der Waals surface area contributed by atoms with Gasteiger partial charge in [-0.1, -0.05) is 11.2 Å². The number of carbonyl (C=O) groups is 1. The zero-order valence-corrected chi connectivity index (χ0v) is 16.1. The van der Waals surface area contributed by atoms with Gasteiger partial charge < -0.3 is 20.4 Å². The van der Waals surface area contributed by atoms with Gasteiger partial charge in [0.1, 0.15) is 17.2 Å². The molecule has 0 fully saturated rings. The molecule has 0 amide bonds. The van der Waals surface area contributed by atoms with Crippen molar-refractivity contribution in [3.05, 3.63) is 58.7 Å². The molecule has 0 radical (unpaired) electrons. The molecule has 2 aliphatic carbocycles. The van der Waals surface area contributed by atoms with Gasteiger partial charge in [0.2, 0.25) is 5.78 Å². The molecule has 0 bridgehead atoms. The second kappa shape index (κ2) is 8.88. The highest BCUT2D eigenvalue weighted by atomic mass is 35.5. The second-order valence-electron chi connectivity index (χ2n) is 6.38. The Morgan fingerprint density at radius 1 is 1.00 bits per heavy atom. The van der Waals surface area contributed by atoms with Crippen LogP contribution in [0, 0.1) is 0 Å². The fraction of sp³-hybridized carbons (Fsp3) is 0.300. The number of methoxy groups -OCH3 is 2. The summed E-state index contributed by atoms with van der Waals surface area (Å²) in [6, 6.07) is 11.7. The Morgan fingerprint density at radius 3 is 2.22 bits per heavy atom. The summed E-state index contributed by atoms with van der Waals surface area (Å²) >= 11 is 0. The molecule has 0 saturated carbocycles. The van der Waals surface area contributed by atoms with Crippen LogP contribution in [0.4, 0.5) is 0 Å². The zero-order valence-electron chi connectivity index (χ0n) is 15.3. The van der Waals surface area contributed by atoms with Crippen LogP contribution in [0.15, 0.2) is 41.6 Å². The number of fused-ring (bicyclic) bond motifs is 2. The van der Waals surface area contributed by atoms with Gasteiger partial charge in [-0.15, -0.1) is 12.4 Å². The minimum Gasteiger partial charge on any atom is -0.497 e. The number of nitrogens with two attached hydrogens (primary N) is 1. The Kier molecular flexibility index (Phi) is 6.82. The highest BCUT2D eigenvalue weighted by molar-refractivity contribution is 6.49. The van der Waals surface area contributed by atoms with E-state index in [-0.39, 0.29) is 23.9 Å². The van der Waals surface area contributed by atoms with Gasteiger partial charge in [-0.3, -0.25) is 4.79 Å². The highest BCUT2D eigenvalue weighted by Gasteiger charge is 2.27. The summed E-state index contributed by atoms with van der Waals surface area (Å²) in [5.41, 5.74) is 10.2. The van der Waals surface area contributed by atoms with E-state index in [1.807, 2.05) is 6.07 Å². The van der Waals surface area contributed by atoms with Crippen LogP contribution >= 0.6 is 12.4 Å². The first-order valence-electron chi connectivity index (χ1n) is 8.39. The number of oxime groups is 1. The van der Waals surface area contributed by atoms with Crippen LogP contribution in [-0.4, -0.2) is 37.0 Å². The van der Waals surface area contributed by atoms with E-state index < -0.39 is 0 Å². The molecule has 2 aromatic carbocycles. The molecule has 0 aliphatic heterocycles. The number of rotatable bonds is 2. The van der Waals surface area contributed by atoms with Gasteiger partial charge in [0, 0.05) is 18.0 Å². The normalized spacial score (nSPS) is 18.1. The van der Waals surface area contributed by atoms with Crippen molar-refractivity contribution in [2.24, 2.45) is 10.9 Å². The minimum atomic E-state index is -0.204. The third-order valence-corrected chi connectivity index (χ3v) is 4.68.